The predicted molar refractivity (Wildman–Crippen MR) is 103 cm³/mol. The van der Waals surface area contributed by atoms with Gasteiger partial charge in [-0.05, 0) is 56.5 Å². The number of hydrogen-bond acceptors (Lipinski definition) is 2. The van der Waals surface area contributed by atoms with Crippen molar-refractivity contribution in [1.29, 1.82) is 0 Å². The van der Waals surface area contributed by atoms with Crippen LogP contribution in [0.25, 0.3) is 0 Å². The SMILES string of the molecule is C[C@@H]1CCCCN1C(=O)c1ccccc1NC(=O)c1cccc(Br)c1. The maximum Gasteiger partial charge on any atom is 0.256 e. The fraction of sp³-hybridized carbons (Fsp3) is 0.300. The summed E-state index contributed by atoms with van der Waals surface area (Å²) in [6.45, 7) is 2.85. The Balaban J connectivity index is 1.83. The van der Waals surface area contributed by atoms with Gasteiger partial charge in [-0.1, -0.05) is 34.1 Å². The van der Waals surface area contributed by atoms with Crippen molar-refractivity contribution in [3.63, 3.8) is 0 Å². The van der Waals surface area contributed by atoms with E-state index in [1.807, 2.05) is 29.2 Å². The van der Waals surface area contributed by atoms with Crippen molar-refractivity contribution in [2.45, 2.75) is 32.2 Å². The largest absolute Gasteiger partial charge is 0.336 e. The van der Waals surface area contributed by atoms with E-state index < -0.39 is 0 Å². The van der Waals surface area contributed by atoms with E-state index in [-0.39, 0.29) is 17.9 Å². The summed E-state index contributed by atoms with van der Waals surface area (Å²) >= 11 is 3.37. The molecule has 2 aromatic rings. The molecule has 1 atom stereocenters. The minimum atomic E-state index is -0.228. The Bertz CT molecular complexity index is 791. The van der Waals surface area contributed by atoms with Crippen LogP contribution in [-0.2, 0) is 0 Å². The maximum absolute atomic E-state index is 13.0. The Hall–Kier alpha value is -2.14. The zero-order valence-electron chi connectivity index (χ0n) is 14.2. The molecule has 1 heterocycles. The number of para-hydroxylation sites is 1. The second kappa shape index (κ2) is 7.83. The van der Waals surface area contributed by atoms with E-state index in [4.69, 9.17) is 0 Å². The Morgan fingerprint density at radius 3 is 2.68 bits per heavy atom. The summed E-state index contributed by atoms with van der Waals surface area (Å²) in [5, 5.41) is 2.88. The number of piperidine rings is 1. The minimum Gasteiger partial charge on any atom is -0.336 e. The molecule has 1 saturated heterocycles. The third-order valence-corrected chi connectivity index (χ3v) is 5.05. The molecule has 0 radical (unpaired) electrons. The molecule has 1 fully saturated rings. The van der Waals surface area contributed by atoms with E-state index in [0.29, 0.717) is 16.8 Å². The van der Waals surface area contributed by atoms with Gasteiger partial charge in [-0.25, -0.2) is 0 Å². The summed E-state index contributed by atoms with van der Waals surface area (Å²) < 4.78 is 0.839. The molecule has 0 aliphatic carbocycles. The number of likely N-dealkylation sites (tertiary alicyclic amines) is 1. The summed E-state index contributed by atoms with van der Waals surface area (Å²) in [4.78, 5) is 27.4. The Labute approximate surface area is 156 Å². The first kappa shape index (κ1) is 17.7. The van der Waals surface area contributed by atoms with Crippen molar-refractivity contribution in [3.8, 4) is 0 Å². The lowest BCUT2D eigenvalue weighted by Crippen LogP contribution is -2.42. The van der Waals surface area contributed by atoms with E-state index in [2.05, 4.69) is 28.2 Å². The van der Waals surface area contributed by atoms with Gasteiger partial charge < -0.3 is 10.2 Å². The van der Waals surface area contributed by atoms with Crippen LogP contribution in [0.5, 0.6) is 0 Å². The molecule has 0 bridgehead atoms. The van der Waals surface area contributed by atoms with Crippen LogP contribution in [0.2, 0.25) is 0 Å². The smallest absolute Gasteiger partial charge is 0.256 e. The van der Waals surface area contributed by atoms with Gasteiger partial charge in [0.05, 0.1) is 11.3 Å². The molecule has 1 N–H and O–H groups in total. The van der Waals surface area contributed by atoms with Gasteiger partial charge in [-0.2, -0.15) is 0 Å². The van der Waals surface area contributed by atoms with Gasteiger partial charge in [-0.3, -0.25) is 9.59 Å². The molecule has 2 aromatic carbocycles. The molecule has 25 heavy (non-hydrogen) atoms. The Kier molecular flexibility index (Phi) is 5.53. The van der Waals surface area contributed by atoms with Crippen molar-refractivity contribution in [2.75, 3.05) is 11.9 Å². The van der Waals surface area contributed by atoms with Crippen molar-refractivity contribution in [2.24, 2.45) is 0 Å². The number of benzene rings is 2. The summed E-state index contributed by atoms with van der Waals surface area (Å²) in [6.07, 6.45) is 3.22. The minimum absolute atomic E-state index is 0.0163. The number of carbonyl (C=O) groups is 2. The highest BCUT2D eigenvalue weighted by Crippen LogP contribution is 2.24. The summed E-state index contributed by atoms with van der Waals surface area (Å²) in [5.41, 5.74) is 1.64. The first-order valence-electron chi connectivity index (χ1n) is 8.53. The van der Waals surface area contributed by atoms with Crippen LogP contribution in [0.1, 0.15) is 46.9 Å². The average molecular weight is 401 g/mol. The molecule has 1 aliphatic heterocycles. The quantitative estimate of drug-likeness (QED) is 0.810. The van der Waals surface area contributed by atoms with Crippen LogP contribution in [0, 0.1) is 0 Å². The lowest BCUT2D eigenvalue weighted by molar-refractivity contribution is 0.0636. The molecule has 0 spiro atoms. The monoisotopic (exact) mass is 400 g/mol. The number of rotatable bonds is 3. The fourth-order valence-electron chi connectivity index (χ4n) is 3.16. The maximum atomic E-state index is 13.0. The zero-order valence-corrected chi connectivity index (χ0v) is 15.8. The lowest BCUT2D eigenvalue weighted by Gasteiger charge is -2.33. The summed E-state index contributed by atoms with van der Waals surface area (Å²) in [5.74, 6) is -0.245. The van der Waals surface area contributed by atoms with Crippen LogP contribution in [0.15, 0.2) is 53.0 Å². The molecule has 4 nitrogen and oxygen atoms in total. The normalized spacial score (nSPS) is 17.2. The van der Waals surface area contributed by atoms with Crippen LogP contribution < -0.4 is 5.32 Å². The molecule has 0 saturated carbocycles. The number of nitrogens with one attached hydrogen (secondary N) is 1. The Morgan fingerprint density at radius 2 is 1.92 bits per heavy atom. The van der Waals surface area contributed by atoms with E-state index in [1.165, 1.54) is 0 Å². The molecule has 0 aromatic heterocycles. The van der Waals surface area contributed by atoms with Crippen molar-refractivity contribution in [3.05, 3.63) is 64.1 Å². The number of carbonyl (C=O) groups excluding carboxylic acids is 2. The van der Waals surface area contributed by atoms with Gasteiger partial charge in [0.25, 0.3) is 11.8 Å². The van der Waals surface area contributed by atoms with Gasteiger partial charge in [0, 0.05) is 22.6 Å². The molecular weight excluding hydrogens is 380 g/mol. The van der Waals surface area contributed by atoms with Crippen LogP contribution >= 0.6 is 15.9 Å². The average Bonchev–Trinajstić information content (AvgIpc) is 2.62. The molecule has 3 rings (SSSR count). The molecule has 1 aliphatic rings. The predicted octanol–water partition coefficient (Wildman–Crippen LogP) is 4.72. The first-order valence-corrected chi connectivity index (χ1v) is 9.32. The third kappa shape index (κ3) is 4.10. The fourth-order valence-corrected chi connectivity index (χ4v) is 3.56. The number of hydrogen-bond donors (Lipinski definition) is 1. The van der Waals surface area contributed by atoms with Gasteiger partial charge >= 0.3 is 0 Å². The highest BCUT2D eigenvalue weighted by molar-refractivity contribution is 9.10. The highest BCUT2D eigenvalue weighted by atomic mass is 79.9. The van der Waals surface area contributed by atoms with Crippen LogP contribution in [-0.4, -0.2) is 29.3 Å². The molecule has 5 heteroatoms. The van der Waals surface area contributed by atoms with Crippen molar-refractivity contribution in [1.82, 2.24) is 4.90 Å². The Morgan fingerprint density at radius 1 is 1.12 bits per heavy atom. The number of halogens is 1. The van der Waals surface area contributed by atoms with E-state index in [0.717, 1.165) is 30.3 Å². The first-order chi connectivity index (χ1) is 12.1. The van der Waals surface area contributed by atoms with Crippen molar-refractivity contribution < 1.29 is 9.59 Å². The number of anilines is 1. The zero-order chi connectivity index (χ0) is 17.8. The second-order valence-electron chi connectivity index (χ2n) is 6.35. The molecule has 2 amide bonds. The number of amides is 2. The lowest BCUT2D eigenvalue weighted by atomic mass is 10.0. The van der Waals surface area contributed by atoms with E-state index in [9.17, 15) is 9.59 Å². The summed E-state index contributed by atoms with van der Waals surface area (Å²) in [7, 11) is 0. The van der Waals surface area contributed by atoms with Gasteiger partial charge in [0.1, 0.15) is 0 Å². The summed E-state index contributed by atoms with van der Waals surface area (Å²) in [6, 6.07) is 14.6. The van der Waals surface area contributed by atoms with Crippen molar-refractivity contribution >= 4 is 33.4 Å². The van der Waals surface area contributed by atoms with Gasteiger partial charge in [-0.15, -0.1) is 0 Å². The molecular formula is C20H21BrN2O2. The van der Waals surface area contributed by atoms with E-state index >= 15 is 0 Å². The van der Waals surface area contributed by atoms with Gasteiger partial charge in [0.15, 0.2) is 0 Å². The second-order valence-corrected chi connectivity index (χ2v) is 7.27. The molecule has 130 valence electrons. The number of nitrogens with zero attached hydrogens (tertiary/aromatic N) is 1. The van der Waals surface area contributed by atoms with Crippen LogP contribution in [0.3, 0.4) is 0 Å². The highest BCUT2D eigenvalue weighted by Gasteiger charge is 2.26. The standard InChI is InChI=1S/C20H21BrN2O2/c1-14-7-4-5-12-23(14)20(25)17-10-2-3-11-18(17)22-19(24)15-8-6-9-16(21)13-15/h2-3,6,8-11,13-14H,4-5,7,12H2,1H3,(H,22,24)/t14-/m1/s1. The topological polar surface area (TPSA) is 49.4 Å². The molecule has 0 unspecified atom stereocenters. The van der Waals surface area contributed by atoms with Gasteiger partial charge in [0.2, 0.25) is 0 Å². The van der Waals surface area contributed by atoms with E-state index in [1.54, 1.807) is 24.3 Å². The van der Waals surface area contributed by atoms with Crippen LogP contribution in [0.4, 0.5) is 5.69 Å². The third-order valence-electron chi connectivity index (χ3n) is 4.56.